The van der Waals surface area contributed by atoms with E-state index in [1.165, 1.54) is 0 Å². The van der Waals surface area contributed by atoms with Crippen LogP contribution in [0.25, 0.3) is 11.3 Å². The molecule has 0 unspecified atom stereocenters. The number of benzene rings is 1. The van der Waals surface area contributed by atoms with Gasteiger partial charge in [0, 0.05) is 70.5 Å². The average Bonchev–Trinajstić information content (AvgIpc) is 3.22. The predicted molar refractivity (Wildman–Crippen MR) is 124 cm³/mol. The SMILES string of the molecule is CN(CCN1CCN(c2nccnc2-c2ccc(CO)cc2)CC1)Sc1cnn(C)c1. The lowest BCUT2D eigenvalue weighted by molar-refractivity contribution is 0.246. The highest BCUT2D eigenvalue weighted by Crippen LogP contribution is 2.27. The predicted octanol–water partition coefficient (Wildman–Crippen LogP) is 2.13. The zero-order chi connectivity index (χ0) is 21.6. The van der Waals surface area contributed by atoms with Gasteiger partial charge in [0.05, 0.1) is 17.7 Å². The molecule has 0 saturated carbocycles. The molecule has 1 aliphatic rings. The Morgan fingerprint density at radius 1 is 1.06 bits per heavy atom. The number of hydrogen-bond donors (Lipinski definition) is 1. The van der Waals surface area contributed by atoms with Crippen LogP contribution in [0, 0.1) is 0 Å². The van der Waals surface area contributed by atoms with Crippen LogP contribution in [0.1, 0.15) is 5.56 Å². The van der Waals surface area contributed by atoms with Gasteiger partial charge in [-0.1, -0.05) is 24.3 Å². The summed E-state index contributed by atoms with van der Waals surface area (Å²) < 4.78 is 4.09. The van der Waals surface area contributed by atoms with Gasteiger partial charge in [-0.15, -0.1) is 0 Å². The summed E-state index contributed by atoms with van der Waals surface area (Å²) in [5, 5.41) is 13.5. The lowest BCUT2D eigenvalue weighted by Gasteiger charge is -2.36. The van der Waals surface area contributed by atoms with Crippen molar-refractivity contribution >= 4 is 17.8 Å². The summed E-state index contributed by atoms with van der Waals surface area (Å²) in [6.45, 7) is 5.95. The third kappa shape index (κ3) is 5.62. The molecule has 164 valence electrons. The number of piperazine rings is 1. The number of hydrogen-bond acceptors (Lipinski definition) is 8. The Labute approximate surface area is 187 Å². The molecule has 0 spiro atoms. The quantitative estimate of drug-likeness (QED) is 0.535. The molecule has 3 heterocycles. The molecule has 0 radical (unpaired) electrons. The van der Waals surface area contributed by atoms with Crippen molar-refractivity contribution in [2.24, 2.45) is 7.05 Å². The van der Waals surface area contributed by atoms with Gasteiger partial charge < -0.3 is 10.0 Å². The Bertz CT molecular complexity index is 970. The summed E-state index contributed by atoms with van der Waals surface area (Å²) in [6.07, 6.45) is 7.44. The van der Waals surface area contributed by atoms with E-state index in [0.29, 0.717) is 0 Å². The molecular formula is C22H29N7OS. The van der Waals surface area contributed by atoms with E-state index in [2.05, 4.69) is 36.2 Å². The fourth-order valence-corrected chi connectivity index (χ4v) is 4.50. The second-order valence-corrected chi connectivity index (χ2v) is 8.98. The molecule has 9 heteroatoms. The Balaban J connectivity index is 1.31. The van der Waals surface area contributed by atoms with Crippen molar-refractivity contribution < 1.29 is 5.11 Å². The zero-order valence-corrected chi connectivity index (χ0v) is 18.9. The van der Waals surface area contributed by atoms with Gasteiger partial charge in [0.15, 0.2) is 5.82 Å². The fraction of sp³-hybridized carbons (Fsp3) is 0.409. The monoisotopic (exact) mass is 439 g/mol. The van der Waals surface area contributed by atoms with Crippen molar-refractivity contribution in [1.29, 1.82) is 0 Å². The van der Waals surface area contributed by atoms with Crippen LogP contribution in [0.5, 0.6) is 0 Å². The van der Waals surface area contributed by atoms with Crippen molar-refractivity contribution in [2.75, 3.05) is 51.2 Å². The lowest BCUT2D eigenvalue weighted by Crippen LogP contribution is -2.48. The molecule has 31 heavy (non-hydrogen) atoms. The molecule has 8 nitrogen and oxygen atoms in total. The fourth-order valence-electron chi connectivity index (χ4n) is 3.67. The molecule has 1 aromatic carbocycles. The second kappa shape index (κ2) is 10.2. The highest BCUT2D eigenvalue weighted by Gasteiger charge is 2.21. The maximum atomic E-state index is 9.29. The van der Waals surface area contributed by atoms with E-state index in [1.54, 1.807) is 24.3 Å². The van der Waals surface area contributed by atoms with E-state index in [-0.39, 0.29) is 6.61 Å². The lowest BCUT2D eigenvalue weighted by atomic mass is 10.1. The molecular weight excluding hydrogens is 410 g/mol. The van der Waals surface area contributed by atoms with Crippen molar-refractivity contribution in [2.45, 2.75) is 11.5 Å². The third-order valence-corrected chi connectivity index (χ3v) is 6.35. The number of aliphatic hydroxyl groups is 1. The molecule has 2 aromatic heterocycles. The van der Waals surface area contributed by atoms with Crippen molar-refractivity contribution in [3.63, 3.8) is 0 Å². The molecule has 4 rings (SSSR count). The van der Waals surface area contributed by atoms with Gasteiger partial charge in [-0.05, 0) is 24.6 Å². The van der Waals surface area contributed by atoms with Crippen LogP contribution < -0.4 is 4.90 Å². The highest BCUT2D eigenvalue weighted by molar-refractivity contribution is 7.97. The Morgan fingerprint density at radius 3 is 2.48 bits per heavy atom. The molecule has 1 saturated heterocycles. The van der Waals surface area contributed by atoms with Gasteiger partial charge in [0.25, 0.3) is 0 Å². The average molecular weight is 440 g/mol. The molecule has 0 atom stereocenters. The number of aliphatic hydroxyl groups excluding tert-OH is 1. The van der Waals surface area contributed by atoms with E-state index >= 15 is 0 Å². The molecule has 1 N–H and O–H groups in total. The second-order valence-electron chi connectivity index (χ2n) is 7.70. The highest BCUT2D eigenvalue weighted by atomic mass is 32.2. The number of rotatable bonds is 8. The normalized spacial score (nSPS) is 15.0. The molecule has 1 aliphatic heterocycles. The van der Waals surface area contributed by atoms with Crippen molar-refractivity contribution in [1.82, 2.24) is 29.0 Å². The van der Waals surface area contributed by atoms with Crippen LogP contribution in [0.2, 0.25) is 0 Å². The van der Waals surface area contributed by atoms with Crippen LogP contribution in [-0.2, 0) is 13.7 Å². The largest absolute Gasteiger partial charge is 0.392 e. The van der Waals surface area contributed by atoms with Crippen LogP contribution >= 0.6 is 11.9 Å². The first kappa shape index (κ1) is 21.8. The maximum absolute atomic E-state index is 9.29. The number of anilines is 1. The van der Waals surface area contributed by atoms with Gasteiger partial charge in [0.2, 0.25) is 0 Å². The van der Waals surface area contributed by atoms with Crippen molar-refractivity contribution in [3.8, 4) is 11.3 Å². The Hall–Kier alpha value is -2.46. The van der Waals surface area contributed by atoms with Crippen molar-refractivity contribution in [3.05, 3.63) is 54.6 Å². The van der Waals surface area contributed by atoms with Gasteiger partial charge >= 0.3 is 0 Å². The molecule has 0 amide bonds. The van der Waals surface area contributed by atoms with E-state index in [9.17, 15) is 5.11 Å². The van der Waals surface area contributed by atoms with Crippen LogP contribution in [-0.4, -0.2) is 80.4 Å². The van der Waals surface area contributed by atoms with E-state index in [0.717, 1.165) is 66.8 Å². The first-order valence-corrected chi connectivity index (χ1v) is 11.3. The summed E-state index contributed by atoms with van der Waals surface area (Å²) in [4.78, 5) is 15.2. The summed E-state index contributed by atoms with van der Waals surface area (Å²) in [5.74, 6) is 0.933. The summed E-state index contributed by atoms with van der Waals surface area (Å²) >= 11 is 1.73. The summed E-state index contributed by atoms with van der Waals surface area (Å²) in [5.41, 5.74) is 2.82. The number of aryl methyl sites for hydroxylation is 1. The molecule has 1 fully saturated rings. The maximum Gasteiger partial charge on any atom is 0.155 e. The smallest absolute Gasteiger partial charge is 0.155 e. The van der Waals surface area contributed by atoms with Crippen LogP contribution in [0.4, 0.5) is 5.82 Å². The standard InChI is InChI=1S/C22H29N7OS/c1-26-16-20(15-25-26)31-27(2)9-10-28-11-13-29(14-12-28)22-21(23-7-8-24-22)19-5-3-18(17-30)4-6-19/h3-8,15-16,30H,9-14,17H2,1-2H3. The van der Waals surface area contributed by atoms with E-state index < -0.39 is 0 Å². The van der Waals surface area contributed by atoms with Crippen LogP contribution in [0.3, 0.4) is 0 Å². The van der Waals surface area contributed by atoms with E-state index in [1.807, 2.05) is 48.4 Å². The first-order chi connectivity index (χ1) is 15.1. The summed E-state index contributed by atoms with van der Waals surface area (Å²) in [7, 11) is 4.07. The summed E-state index contributed by atoms with van der Waals surface area (Å²) in [6, 6.07) is 7.88. The number of likely N-dealkylation sites (N-methyl/N-ethyl adjacent to an activating group) is 1. The minimum absolute atomic E-state index is 0.0471. The van der Waals surface area contributed by atoms with Gasteiger partial charge in [-0.25, -0.2) is 9.29 Å². The van der Waals surface area contributed by atoms with E-state index in [4.69, 9.17) is 0 Å². The Kier molecular flexibility index (Phi) is 7.18. The topological polar surface area (TPSA) is 73.6 Å². The van der Waals surface area contributed by atoms with Gasteiger partial charge in [-0.3, -0.25) is 14.6 Å². The number of aromatic nitrogens is 4. The molecule has 3 aromatic rings. The minimum Gasteiger partial charge on any atom is -0.392 e. The van der Waals surface area contributed by atoms with Gasteiger partial charge in [-0.2, -0.15) is 5.10 Å². The number of nitrogens with zero attached hydrogens (tertiary/aromatic N) is 7. The zero-order valence-electron chi connectivity index (χ0n) is 18.1. The Morgan fingerprint density at radius 2 is 1.81 bits per heavy atom. The third-order valence-electron chi connectivity index (χ3n) is 5.43. The van der Waals surface area contributed by atoms with Crippen LogP contribution in [0.15, 0.2) is 53.9 Å². The molecule has 0 bridgehead atoms. The molecule has 0 aliphatic carbocycles. The van der Waals surface area contributed by atoms with Gasteiger partial charge in [0.1, 0.15) is 5.69 Å². The minimum atomic E-state index is 0.0471. The first-order valence-electron chi connectivity index (χ1n) is 10.5.